The monoisotopic (exact) mass is 302 g/mol. The molecule has 0 aliphatic rings. The minimum absolute atomic E-state index is 0.273. The van der Waals surface area contributed by atoms with Crippen LogP contribution in [0, 0.1) is 12.8 Å². The molecular weight excluding hydrogens is 276 g/mol. The fraction of sp³-hybridized carbons (Fsp3) is 0.529. The Hall–Kier alpha value is -1.72. The second-order valence-electron chi connectivity index (χ2n) is 5.74. The summed E-state index contributed by atoms with van der Waals surface area (Å²) in [7, 11) is 0. The summed E-state index contributed by atoms with van der Waals surface area (Å²) in [4.78, 5) is 3.98. The van der Waals surface area contributed by atoms with Gasteiger partial charge in [-0.05, 0) is 30.0 Å². The maximum Gasteiger partial charge on any atom is 0.138 e. The van der Waals surface area contributed by atoms with Crippen molar-refractivity contribution in [3.8, 4) is 5.69 Å². The number of aromatic nitrogens is 3. The van der Waals surface area contributed by atoms with E-state index >= 15 is 0 Å². The molecule has 2 N–H and O–H groups in total. The molecule has 1 aromatic carbocycles. The van der Waals surface area contributed by atoms with Gasteiger partial charge in [-0.1, -0.05) is 38.8 Å². The van der Waals surface area contributed by atoms with Gasteiger partial charge in [0.05, 0.1) is 11.8 Å². The SMILES string of the molecule is CCC(CC)C(O)CNCc1ccc(-n2cncn2)c(C)c1. The van der Waals surface area contributed by atoms with Gasteiger partial charge in [-0.15, -0.1) is 0 Å². The Bertz CT molecular complexity index is 564. The normalized spacial score (nSPS) is 12.8. The van der Waals surface area contributed by atoms with Crippen molar-refractivity contribution in [1.29, 1.82) is 0 Å². The van der Waals surface area contributed by atoms with Gasteiger partial charge in [0.1, 0.15) is 12.7 Å². The van der Waals surface area contributed by atoms with Crippen LogP contribution in [0.4, 0.5) is 0 Å². The summed E-state index contributed by atoms with van der Waals surface area (Å²) >= 11 is 0. The van der Waals surface area contributed by atoms with Crippen LogP contribution in [0.25, 0.3) is 5.69 Å². The summed E-state index contributed by atoms with van der Waals surface area (Å²) in [6, 6.07) is 6.28. The Labute approximate surface area is 132 Å². The Morgan fingerprint density at radius 2 is 2.05 bits per heavy atom. The van der Waals surface area contributed by atoms with Crippen molar-refractivity contribution in [2.75, 3.05) is 6.54 Å². The van der Waals surface area contributed by atoms with Crippen molar-refractivity contribution >= 4 is 0 Å². The molecule has 22 heavy (non-hydrogen) atoms. The Balaban J connectivity index is 1.90. The van der Waals surface area contributed by atoms with Crippen molar-refractivity contribution in [1.82, 2.24) is 20.1 Å². The van der Waals surface area contributed by atoms with E-state index in [1.807, 2.05) is 0 Å². The molecule has 0 amide bonds. The Kier molecular flexibility index (Phi) is 6.10. The lowest BCUT2D eigenvalue weighted by Crippen LogP contribution is -2.32. The zero-order chi connectivity index (χ0) is 15.9. The molecule has 120 valence electrons. The molecule has 0 saturated heterocycles. The third kappa shape index (κ3) is 4.15. The summed E-state index contributed by atoms with van der Waals surface area (Å²) < 4.78 is 1.77. The number of hydrogen-bond donors (Lipinski definition) is 2. The summed E-state index contributed by atoms with van der Waals surface area (Å²) in [5.41, 5.74) is 3.40. The van der Waals surface area contributed by atoms with Gasteiger partial charge in [-0.2, -0.15) is 5.10 Å². The van der Waals surface area contributed by atoms with E-state index in [1.54, 1.807) is 11.0 Å². The number of benzene rings is 1. The summed E-state index contributed by atoms with van der Waals surface area (Å²) in [5.74, 6) is 0.379. The summed E-state index contributed by atoms with van der Waals surface area (Å²) in [6.07, 6.45) is 5.00. The predicted molar refractivity (Wildman–Crippen MR) is 87.9 cm³/mol. The standard InChI is InChI=1S/C17H26N4O/c1-4-15(5-2)17(22)10-18-9-14-6-7-16(13(3)8-14)21-12-19-11-20-21/h6-8,11-12,15,17-18,22H,4-5,9-10H2,1-3H3. The highest BCUT2D eigenvalue weighted by Crippen LogP contribution is 2.15. The number of hydrogen-bond acceptors (Lipinski definition) is 4. The third-order valence-corrected chi connectivity index (χ3v) is 4.20. The van der Waals surface area contributed by atoms with Crippen LogP contribution in [0.3, 0.4) is 0 Å². The molecule has 0 bridgehead atoms. The number of aliphatic hydroxyl groups is 1. The van der Waals surface area contributed by atoms with Crippen molar-refractivity contribution in [3.05, 3.63) is 42.0 Å². The average molecular weight is 302 g/mol. The fourth-order valence-electron chi connectivity index (χ4n) is 2.78. The lowest BCUT2D eigenvalue weighted by molar-refractivity contribution is 0.101. The van der Waals surface area contributed by atoms with Crippen LogP contribution in [-0.4, -0.2) is 32.5 Å². The maximum absolute atomic E-state index is 10.1. The fourth-order valence-corrected chi connectivity index (χ4v) is 2.78. The van der Waals surface area contributed by atoms with Crippen LogP contribution in [0.1, 0.15) is 37.8 Å². The molecule has 2 rings (SSSR count). The van der Waals surface area contributed by atoms with E-state index in [9.17, 15) is 5.11 Å². The molecule has 5 heteroatoms. The van der Waals surface area contributed by atoms with Gasteiger partial charge in [0.25, 0.3) is 0 Å². The molecular formula is C17H26N4O. The molecule has 0 fully saturated rings. The quantitative estimate of drug-likeness (QED) is 0.786. The molecule has 5 nitrogen and oxygen atoms in total. The first-order valence-corrected chi connectivity index (χ1v) is 7.99. The van der Waals surface area contributed by atoms with Gasteiger partial charge in [0.2, 0.25) is 0 Å². The maximum atomic E-state index is 10.1. The van der Waals surface area contributed by atoms with Gasteiger partial charge in [0, 0.05) is 13.1 Å². The van der Waals surface area contributed by atoms with Gasteiger partial charge in [0.15, 0.2) is 0 Å². The van der Waals surface area contributed by atoms with Gasteiger partial charge < -0.3 is 10.4 Å². The first-order valence-electron chi connectivity index (χ1n) is 7.99. The van der Waals surface area contributed by atoms with Crippen molar-refractivity contribution in [2.24, 2.45) is 5.92 Å². The van der Waals surface area contributed by atoms with Crippen LogP contribution >= 0.6 is 0 Å². The van der Waals surface area contributed by atoms with Crippen LogP contribution in [0.15, 0.2) is 30.9 Å². The zero-order valence-electron chi connectivity index (χ0n) is 13.7. The van der Waals surface area contributed by atoms with E-state index in [4.69, 9.17) is 0 Å². The lowest BCUT2D eigenvalue weighted by Gasteiger charge is -2.20. The number of nitrogens with zero attached hydrogens (tertiary/aromatic N) is 3. The molecule has 0 spiro atoms. The van der Waals surface area contributed by atoms with E-state index < -0.39 is 0 Å². The predicted octanol–water partition coefficient (Wildman–Crippen LogP) is 2.46. The number of nitrogens with one attached hydrogen (secondary N) is 1. The first-order chi connectivity index (χ1) is 10.7. The highest BCUT2D eigenvalue weighted by atomic mass is 16.3. The van der Waals surface area contributed by atoms with Crippen LogP contribution in [-0.2, 0) is 6.54 Å². The average Bonchev–Trinajstić information content (AvgIpc) is 3.02. The summed E-state index contributed by atoms with van der Waals surface area (Å²) in [6.45, 7) is 7.72. The van der Waals surface area contributed by atoms with Gasteiger partial charge in [-0.25, -0.2) is 9.67 Å². The minimum atomic E-state index is -0.273. The van der Waals surface area contributed by atoms with Gasteiger partial charge in [-0.3, -0.25) is 0 Å². The largest absolute Gasteiger partial charge is 0.392 e. The number of aryl methyl sites for hydroxylation is 1. The highest BCUT2D eigenvalue weighted by molar-refractivity contribution is 5.41. The highest BCUT2D eigenvalue weighted by Gasteiger charge is 2.14. The van der Waals surface area contributed by atoms with Crippen LogP contribution in [0.2, 0.25) is 0 Å². The Morgan fingerprint density at radius 1 is 1.27 bits per heavy atom. The second kappa shape index (κ2) is 8.06. The van der Waals surface area contributed by atoms with Crippen molar-refractivity contribution < 1.29 is 5.11 Å². The van der Waals surface area contributed by atoms with E-state index in [0.29, 0.717) is 12.5 Å². The van der Waals surface area contributed by atoms with E-state index in [1.165, 1.54) is 11.9 Å². The molecule has 2 aromatic rings. The van der Waals surface area contributed by atoms with E-state index in [0.717, 1.165) is 30.6 Å². The summed E-state index contributed by atoms with van der Waals surface area (Å²) in [5, 5.41) is 17.6. The van der Waals surface area contributed by atoms with Crippen molar-refractivity contribution in [3.63, 3.8) is 0 Å². The zero-order valence-corrected chi connectivity index (χ0v) is 13.7. The molecule has 0 aliphatic carbocycles. The molecule has 0 aliphatic heterocycles. The smallest absolute Gasteiger partial charge is 0.138 e. The van der Waals surface area contributed by atoms with Crippen molar-refractivity contribution in [2.45, 2.75) is 46.3 Å². The van der Waals surface area contributed by atoms with Crippen LogP contribution < -0.4 is 5.32 Å². The van der Waals surface area contributed by atoms with E-state index in [2.05, 4.69) is 54.4 Å². The lowest BCUT2D eigenvalue weighted by atomic mass is 9.96. The van der Waals surface area contributed by atoms with Gasteiger partial charge >= 0.3 is 0 Å². The minimum Gasteiger partial charge on any atom is -0.392 e. The molecule has 1 unspecified atom stereocenters. The molecule has 1 atom stereocenters. The molecule has 1 aromatic heterocycles. The molecule has 0 radical (unpaired) electrons. The molecule has 1 heterocycles. The number of aliphatic hydroxyl groups excluding tert-OH is 1. The Morgan fingerprint density at radius 3 is 2.64 bits per heavy atom. The molecule has 0 saturated carbocycles. The van der Waals surface area contributed by atoms with Crippen LogP contribution in [0.5, 0.6) is 0 Å². The topological polar surface area (TPSA) is 63.0 Å². The first kappa shape index (κ1) is 16.6. The van der Waals surface area contributed by atoms with E-state index in [-0.39, 0.29) is 6.10 Å². The third-order valence-electron chi connectivity index (χ3n) is 4.20. The number of rotatable bonds is 8. The second-order valence-corrected chi connectivity index (χ2v) is 5.74.